The van der Waals surface area contributed by atoms with Crippen LogP contribution in [0.2, 0.25) is 0 Å². The molecule has 110 valence electrons. The molecule has 1 fully saturated rings. The zero-order chi connectivity index (χ0) is 14.7. The summed E-state index contributed by atoms with van der Waals surface area (Å²) >= 11 is 3.40. The van der Waals surface area contributed by atoms with Crippen LogP contribution in [0.1, 0.15) is 20.8 Å². The van der Waals surface area contributed by atoms with Gasteiger partial charge in [-0.3, -0.25) is 4.79 Å². The number of nitrogens with zero attached hydrogens (tertiary/aromatic N) is 1. The highest BCUT2D eigenvalue weighted by atomic mass is 79.9. The summed E-state index contributed by atoms with van der Waals surface area (Å²) in [6.07, 6.45) is 0.199. The molecule has 1 aliphatic heterocycles. The zero-order valence-corrected chi connectivity index (χ0v) is 13.7. The molecular formula is C15H21BrN2O2. The minimum absolute atomic E-state index is 0.0996. The van der Waals surface area contributed by atoms with Crippen molar-refractivity contribution < 1.29 is 9.53 Å². The highest BCUT2D eigenvalue weighted by molar-refractivity contribution is 9.10. The first-order chi connectivity index (χ1) is 9.45. The molecule has 2 rings (SSSR count). The van der Waals surface area contributed by atoms with Gasteiger partial charge in [0.1, 0.15) is 6.04 Å². The summed E-state index contributed by atoms with van der Waals surface area (Å²) in [4.78, 5) is 14.3. The predicted octanol–water partition coefficient (Wildman–Crippen LogP) is 2.89. The van der Waals surface area contributed by atoms with Gasteiger partial charge in [0.05, 0.1) is 12.2 Å². The molecule has 1 N–H and O–H groups in total. The average Bonchev–Trinajstić information content (AvgIpc) is 2.39. The fraction of sp³-hybridized carbons (Fsp3) is 0.533. The number of morpholine rings is 1. The van der Waals surface area contributed by atoms with Crippen LogP contribution in [0.4, 0.5) is 5.69 Å². The van der Waals surface area contributed by atoms with Crippen molar-refractivity contribution in [1.82, 2.24) is 4.90 Å². The average molecular weight is 341 g/mol. The molecule has 1 aliphatic rings. The Hall–Kier alpha value is -1.07. The lowest BCUT2D eigenvalue weighted by Crippen LogP contribution is -2.52. The lowest BCUT2D eigenvalue weighted by atomic mass is 10.2. The summed E-state index contributed by atoms with van der Waals surface area (Å²) in [5.74, 6) is 0.120. The van der Waals surface area contributed by atoms with Gasteiger partial charge in [0.15, 0.2) is 0 Å². The number of rotatable bonds is 3. The maximum Gasteiger partial charge on any atom is 0.244 e. The number of nitrogens with one attached hydrogen (secondary N) is 1. The van der Waals surface area contributed by atoms with E-state index in [0.29, 0.717) is 13.1 Å². The highest BCUT2D eigenvalue weighted by Gasteiger charge is 2.28. The second-order valence-corrected chi connectivity index (χ2v) is 6.29. The number of anilines is 1. The van der Waals surface area contributed by atoms with Gasteiger partial charge >= 0.3 is 0 Å². The minimum atomic E-state index is -0.242. The van der Waals surface area contributed by atoms with Crippen molar-refractivity contribution in [3.63, 3.8) is 0 Å². The molecule has 0 aliphatic carbocycles. The number of ether oxygens (including phenoxy) is 1. The Balaban J connectivity index is 1.96. The molecular weight excluding hydrogens is 320 g/mol. The molecule has 0 aromatic heterocycles. The van der Waals surface area contributed by atoms with Crippen molar-refractivity contribution in [1.29, 1.82) is 0 Å². The van der Waals surface area contributed by atoms with E-state index in [9.17, 15) is 4.79 Å². The van der Waals surface area contributed by atoms with Crippen molar-refractivity contribution in [3.8, 4) is 0 Å². The van der Waals surface area contributed by atoms with Crippen molar-refractivity contribution in [3.05, 3.63) is 28.7 Å². The number of carbonyl (C=O) groups excluding carboxylic acids is 1. The van der Waals surface area contributed by atoms with Crippen molar-refractivity contribution in [2.45, 2.75) is 39.0 Å². The van der Waals surface area contributed by atoms with Gasteiger partial charge in [-0.2, -0.15) is 0 Å². The quantitative estimate of drug-likeness (QED) is 0.919. The summed E-state index contributed by atoms with van der Waals surface area (Å²) in [5, 5.41) is 3.24. The molecule has 1 aromatic carbocycles. The van der Waals surface area contributed by atoms with E-state index in [1.165, 1.54) is 0 Å². The molecule has 3 atom stereocenters. The number of halogens is 1. The summed E-state index contributed by atoms with van der Waals surface area (Å²) in [6, 6.07) is 7.59. The third-order valence-electron chi connectivity index (χ3n) is 3.33. The summed E-state index contributed by atoms with van der Waals surface area (Å²) in [6.45, 7) is 7.23. The van der Waals surface area contributed by atoms with Crippen LogP contribution < -0.4 is 5.32 Å². The molecule has 1 saturated heterocycles. The second kappa shape index (κ2) is 6.59. The second-order valence-electron chi connectivity index (χ2n) is 5.37. The first kappa shape index (κ1) is 15.3. The molecule has 0 radical (unpaired) electrons. The number of amides is 1. The van der Waals surface area contributed by atoms with Gasteiger partial charge in [0, 0.05) is 23.2 Å². The van der Waals surface area contributed by atoms with Crippen LogP contribution in [0.15, 0.2) is 28.7 Å². The molecule has 3 unspecified atom stereocenters. The van der Waals surface area contributed by atoms with Gasteiger partial charge in [-0.1, -0.05) is 15.9 Å². The number of benzene rings is 1. The van der Waals surface area contributed by atoms with E-state index < -0.39 is 0 Å². The minimum Gasteiger partial charge on any atom is -0.374 e. The fourth-order valence-corrected chi connectivity index (χ4v) is 2.75. The van der Waals surface area contributed by atoms with Crippen molar-refractivity contribution in [2.75, 3.05) is 18.4 Å². The molecule has 0 bridgehead atoms. The summed E-state index contributed by atoms with van der Waals surface area (Å²) in [5.41, 5.74) is 0.948. The van der Waals surface area contributed by atoms with Crippen molar-refractivity contribution in [2.24, 2.45) is 0 Å². The first-order valence-corrected chi connectivity index (χ1v) is 7.71. The zero-order valence-electron chi connectivity index (χ0n) is 12.1. The number of hydrogen-bond acceptors (Lipinski definition) is 3. The first-order valence-electron chi connectivity index (χ1n) is 6.92. The normalized spacial score (nSPS) is 24.3. The Bertz CT molecular complexity index is 453. The maximum atomic E-state index is 12.5. The van der Waals surface area contributed by atoms with Crippen LogP contribution in [-0.4, -0.2) is 42.1 Å². The van der Waals surface area contributed by atoms with Crippen LogP contribution in [0, 0.1) is 0 Å². The Morgan fingerprint density at radius 1 is 1.30 bits per heavy atom. The molecule has 1 aromatic rings. The van der Waals surface area contributed by atoms with Crippen LogP contribution in [0.3, 0.4) is 0 Å². The lowest BCUT2D eigenvalue weighted by molar-refractivity contribution is -0.143. The monoisotopic (exact) mass is 340 g/mol. The molecule has 0 spiro atoms. The predicted molar refractivity (Wildman–Crippen MR) is 83.8 cm³/mol. The topological polar surface area (TPSA) is 41.6 Å². The van der Waals surface area contributed by atoms with Crippen LogP contribution in [0.25, 0.3) is 0 Å². The van der Waals surface area contributed by atoms with Gasteiger partial charge in [-0.25, -0.2) is 0 Å². The van der Waals surface area contributed by atoms with E-state index >= 15 is 0 Å². The molecule has 1 amide bonds. The molecule has 4 nitrogen and oxygen atoms in total. The van der Waals surface area contributed by atoms with Gasteiger partial charge in [0.25, 0.3) is 0 Å². The van der Waals surface area contributed by atoms with E-state index in [0.717, 1.165) is 10.2 Å². The Morgan fingerprint density at radius 3 is 2.40 bits per heavy atom. The Morgan fingerprint density at radius 2 is 1.85 bits per heavy atom. The van der Waals surface area contributed by atoms with E-state index in [-0.39, 0.29) is 24.2 Å². The fourth-order valence-electron chi connectivity index (χ4n) is 2.49. The smallest absolute Gasteiger partial charge is 0.244 e. The largest absolute Gasteiger partial charge is 0.374 e. The van der Waals surface area contributed by atoms with Gasteiger partial charge in [-0.15, -0.1) is 0 Å². The van der Waals surface area contributed by atoms with Gasteiger partial charge in [-0.05, 0) is 45.0 Å². The van der Waals surface area contributed by atoms with Gasteiger partial charge < -0.3 is 15.0 Å². The summed E-state index contributed by atoms with van der Waals surface area (Å²) in [7, 11) is 0. The third kappa shape index (κ3) is 3.96. The van der Waals surface area contributed by atoms with E-state index in [2.05, 4.69) is 21.2 Å². The number of carbonyl (C=O) groups is 1. The van der Waals surface area contributed by atoms with Gasteiger partial charge in [0.2, 0.25) is 5.91 Å². The molecule has 20 heavy (non-hydrogen) atoms. The highest BCUT2D eigenvalue weighted by Crippen LogP contribution is 2.17. The van der Waals surface area contributed by atoms with E-state index in [1.807, 2.05) is 49.9 Å². The molecule has 0 saturated carbocycles. The number of hydrogen-bond donors (Lipinski definition) is 1. The Kier molecular flexibility index (Phi) is 5.05. The van der Waals surface area contributed by atoms with E-state index in [1.54, 1.807) is 0 Å². The Labute approximate surface area is 128 Å². The summed E-state index contributed by atoms with van der Waals surface area (Å²) < 4.78 is 6.68. The van der Waals surface area contributed by atoms with Crippen LogP contribution in [-0.2, 0) is 9.53 Å². The van der Waals surface area contributed by atoms with E-state index in [4.69, 9.17) is 4.74 Å². The standard InChI is InChI=1S/C15H21BrN2O2/c1-10-8-18(9-11(2)20-10)15(19)12(3)17-14-6-4-13(16)5-7-14/h4-7,10-12,17H,8-9H2,1-3H3. The SMILES string of the molecule is CC1CN(C(=O)C(C)Nc2ccc(Br)cc2)CC(C)O1. The lowest BCUT2D eigenvalue weighted by Gasteiger charge is -2.36. The van der Waals surface area contributed by atoms with Crippen molar-refractivity contribution >= 4 is 27.5 Å². The van der Waals surface area contributed by atoms with Crippen LogP contribution in [0.5, 0.6) is 0 Å². The van der Waals surface area contributed by atoms with Crippen LogP contribution >= 0.6 is 15.9 Å². The molecule has 1 heterocycles. The molecule has 5 heteroatoms. The third-order valence-corrected chi connectivity index (χ3v) is 3.86. The maximum absolute atomic E-state index is 12.5.